The molecule has 0 aliphatic rings. The molecule has 0 heterocycles. The van der Waals surface area contributed by atoms with E-state index in [0.29, 0.717) is 11.1 Å². The lowest BCUT2D eigenvalue weighted by atomic mass is 10.1. The number of carboxylic acids is 1. The molecule has 0 fully saturated rings. The lowest BCUT2D eigenvalue weighted by molar-refractivity contribution is -0.138. The van der Waals surface area contributed by atoms with Crippen molar-refractivity contribution < 1.29 is 18.3 Å². The summed E-state index contributed by atoms with van der Waals surface area (Å²) in [4.78, 5) is 11.0. The molecule has 0 amide bonds. The van der Waals surface area contributed by atoms with Gasteiger partial charge in [-0.05, 0) is 31.9 Å². The van der Waals surface area contributed by atoms with Crippen LogP contribution in [0.15, 0.2) is 17.0 Å². The summed E-state index contributed by atoms with van der Waals surface area (Å²) < 4.78 is 26.6. The standard InChI is InChI=1S/C12H18N2O4S/c1-7-4-8(2)11(9(3)5-7)19(17,18)14-10(6-13)12(15)16/h4-5,10,14H,6,13H2,1-3H3,(H,15,16). The number of carboxylic acid groups (broad SMARTS) is 1. The third-order valence-corrected chi connectivity index (χ3v) is 4.48. The number of aryl methyl sites for hydroxylation is 3. The van der Waals surface area contributed by atoms with Crippen LogP contribution in [0.2, 0.25) is 0 Å². The topological polar surface area (TPSA) is 109 Å². The zero-order valence-electron chi connectivity index (χ0n) is 11.1. The molecule has 6 nitrogen and oxygen atoms in total. The molecule has 1 unspecified atom stereocenters. The maximum absolute atomic E-state index is 12.2. The number of carbonyl (C=O) groups is 1. The number of hydrogen-bond donors (Lipinski definition) is 3. The Labute approximate surface area is 112 Å². The molecule has 0 radical (unpaired) electrons. The zero-order valence-corrected chi connectivity index (χ0v) is 11.9. The molecule has 19 heavy (non-hydrogen) atoms. The number of aliphatic carboxylic acids is 1. The number of hydrogen-bond acceptors (Lipinski definition) is 4. The SMILES string of the molecule is Cc1cc(C)c(S(=O)(=O)NC(CN)C(=O)O)c(C)c1. The predicted octanol–water partition coefficient (Wildman–Crippen LogP) is 0.302. The third kappa shape index (κ3) is 3.52. The highest BCUT2D eigenvalue weighted by atomic mass is 32.2. The van der Waals surface area contributed by atoms with E-state index in [1.165, 1.54) is 0 Å². The predicted molar refractivity (Wildman–Crippen MR) is 71.5 cm³/mol. The van der Waals surface area contributed by atoms with Gasteiger partial charge in [-0.15, -0.1) is 0 Å². The van der Waals surface area contributed by atoms with Gasteiger partial charge in [0.1, 0.15) is 6.04 Å². The number of rotatable bonds is 5. The number of sulfonamides is 1. The molecule has 106 valence electrons. The highest BCUT2D eigenvalue weighted by Gasteiger charge is 2.26. The quantitative estimate of drug-likeness (QED) is 0.721. The maximum atomic E-state index is 12.2. The van der Waals surface area contributed by atoms with Gasteiger partial charge in [0.2, 0.25) is 10.0 Å². The molecule has 1 rings (SSSR count). The van der Waals surface area contributed by atoms with Crippen molar-refractivity contribution in [2.45, 2.75) is 31.7 Å². The minimum absolute atomic E-state index is 0.109. The zero-order chi connectivity index (χ0) is 14.8. The van der Waals surface area contributed by atoms with Gasteiger partial charge in [0, 0.05) is 6.54 Å². The molecule has 0 saturated heterocycles. The van der Waals surface area contributed by atoms with Crippen molar-refractivity contribution in [2.24, 2.45) is 5.73 Å². The molecule has 1 atom stereocenters. The lowest BCUT2D eigenvalue weighted by Crippen LogP contribution is -2.45. The minimum Gasteiger partial charge on any atom is -0.480 e. The third-order valence-electron chi connectivity index (χ3n) is 2.70. The van der Waals surface area contributed by atoms with Crippen LogP contribution in [0.3, 0.4) is 0 Å². The van der Waals surface area contributed by atoms with Crippen LogP contribution in [-0.4, -0.2) is 32.1 Å². The van der Waals surface area contributed by atoms with E-state index in [2.05, 4.69) is 4.72 Å². The van der Waals surface area contributed by atoms with Gasteiger partial charge in [0.05, 0.1) is 4.90 Å². The molecule has 1 aromatic carbocycles. The summed E-state index contributed by atoms with van der Waals surface area (Å²) in [7, 11) is -3.91. The highest BCUT2D eigenvalue weighted by Crippen LogP contribution is 2.21. The first-order valence-corrected chi connectivity index (χ1v) is 7.20. The lowest BCUT2D eigenvalue weighted by Gasteiger charge is -2.16. The van der Waals surface area contributed by atoms with E-state index in [9.17, 15) is 13.2 Å². The van der Waals surface area contributed by atoms with Gasteiger partial charge >= 0.3 is 5.97 Å². The Morgan fingerprint density at radius 1 is 1.32 bits per heavy atom. The molecule has 1 aromatic rings. The molecular weight excluding hydrogens is 268 g/mol. The van der Waals surface area contributed by atoms with Gasteiger partial charge in [0.25, 0.3) is 0 Å². The van der Waals surface area contributed by atoms with Crippen LogP contribution < -0.4 is 10.5 Å². The van der Waals surface area contributed by atoms with Gasteiger partial charge in [-0.2, -0.15) is 4.72 Å². The maximum Gasteiger partial charge on any atom is 0.323 e. The largest absolute Gasteiger partial charge is 0.480 e. The Morgan fingerprint density at radius 2 is 1.79 bits per heavy atom. The fraction of sp³-hybridized carbons (Fsp3) is 0.417. The second kappa shape index (κ2) is 5.68. The minimum atomic E-state index is -3.91. The Hall–Kier alpha value is -1.44. The molecule has 0 aliphatic carbocycles. The second-order valence-electron chi connectivity index (χ2n) is 4.48. The summed E-state index contributed by atoms with van der Waals surface area (Å²) in [5.41, 5.74) is 7.35. The number of benzene rings is 1. The highest BCUT2D eigenvalue weighted by molar-refractivity contribution is 7.89. The average Bonchev–Trinajstić information content (AvgIpc) is 2.23. The van der Waals surface area contributed by atoms with E-state index in [4.69, 9.17) is 10.8 Å². The molecule has 0 bridgehead atoms. The molecular formula is C12H18N2O4S. The van der Waals surface area contributed by atoms with Crippen LogP contribution in [0.1, 0.15) is 16.7 Å². The molecule has 4 N–H and O–H groups in total. The van der Waals surface area contributed by atoms with Gasteiger partial charge in [-0.1, -0.05) is 17.7 Å². The fourth-order valence-corrected chi connectivity index (χ4v) is 3.69. The summed E-state index contributed by atoms with van der Waals surface area (Å²) >= 11 is 0. The Morgan fingerprint density at radius 3 is 2.16 bits per heavy atom. The van der Waals surface area contributed by atoms with Crippen molar-refractivity contribution in [1.29, 1.82) is 0 Å². The van der Waals surface area contributed by atoms with E-state index in [-0.39, 0.29) is 11.4 Å². The smallest absolute Gasteiger partial charge is 0.323 e. The van der Waals surface area contributed by atoms with E-state index < -0.39 is 22.0 Å². The Bertz CT molecular complexity index is 573. The molecule has 0 aliphatic heterocycles. The first kappa shape index (κ1) is 15.6. The molecule has 0 saturated carbocycles. The van der Waals surface area contributed by atoms with Crippen molar-refractivity contribution in [1.82, 2.24) is 4.72 Å². The summed E-state index contributed by atoms with van der Waals surface area (Å²) in [6.07, 6.45) is 0. The van der Waals surface area contributed by atoms with Crippen molar-refractivity contribution >= 4 is 16.0 Å². The molecule has 0 aromatic heterocycles. The van der Waals surface area contributed by atoms with Crippen LogP contribution in [0.25, 0.3) is 0 Å². The summed E-state index contributed by atoms with van der Waals surface area (Å²) in [5.74, 6) is -1.30. The fourth-order valence-electron chi connectivity index (χ4n) is 2.04. The van der Waals surface area contributed by atoms with Crippen LogP contribution >= 0.6 is 0 Å². The van der Waals surface area contributed by atoms with Crippen LogP contribution in [0.4, 0.5) is 0 Å². The van der Waals surface area contributed by atoms with Gasteiger partial charge in [-0.3, -0.25) is 4.79 Å². The summed E-state index contributed by atoms with van der Waals surface area (Å²) in [6, 6.07) is 2.14. The average molecular weight is 286 g/mol. The second-order valence-corrected chi connectivity index (χ2v) is 6.13. The Kier molecular flexibility index (Phi) is 4.67. The van der Waals surface area contributed by atoms with E-state index >= 15 is 0 Å². The molecule has 0 spiro atoms. The van der Waals surface area contributed by atoms with Gasteiger partial charge in [0.15, 0.2) is 0 Å². The first-order valence-electron chi connectivity index (χ1n) is 5.72. The Balaban J connectivity index is 3.25. The number of nitrogens with one attached hydrogen (secondary N) is 1. The van der Waals surface area contributed by atoms with E-state index in [1.54, 1.807) is 26.0 Å². The van der Waals surface area contributed by atoms with Crippen LogP contribution in [-0.2, 0) is 14.8 Å². The number of nitrogens with two attached hydrogens (primary N) is 1. The van der Waals surface area contributed by atoms with Crippen molar-refractivity contribution in [3.63, 3.8) is 0 Å². The van der Waals surface area contributed by atoms with Crippen molar-refractivity contribution in [2.75, 3.05) is 6.54 Å². The molecule has 7 heteroatoms. The van der Waals surface area contributed by atoms with Gasteiger partial charge < -0.3 is 10.8 Å². The first-order chi connectivity index (χ1) is 8.69. The van der Waals surface area contributed by atoms with Crippen molar-refractivity contribution in [3.05, 3.63) is 28.8 Å². The monoisotopic (exact) mass is 286 g/mol. The van der Waals surface area contributed by atoms with Gasteiger partial charge in [-0.25, -0.2) is 8.42 Å². The van der Waals surface area contributed by atoms with Crippen molar-refractivity contribution in [3.8, 4) is 0 Å². The van der Waals surface area contributed by atoms with Crippen LogP contribution in [0, 0.1) is 20.8 Å². The summed E-state index contributed by atoms with van der Waals surface area (Å²) in [6.45, 7) is 4.90. The normalized spacial score (nSPS) is 13.3. The van der Waals surface area contributed by atoms with E-state index in [1.807, 2.05) is 6.92 Å². The van der Waals surface area contributed by atoms with E-state index in [0.717, 1.165) is 5.56 Å². The summed E-state index contributed by atoms with van der Waals surface area (Å²) in [5, 5.41) is 8.86. The van der Waals surface area contributed by atoms with Crippen LogP contribution in [0.5, 0.6) is 0 Å².